The van der Waals surface area contributed by atoms with Crippen LogP contribution in [0.15, 0.2) is 17.0 Å². The number of hydrogen-bond donors (Lipinski definition) is 3. The Morgan fingerprint density at radius 2 is 2.15 bits per heavy atom. The highest BCUT2D eigenvalue weighted by Gasteiger charge is 2.21. The Bertz CT molecular complexity index is 566. The fourth-order valence-corrected chi connectivity index (χ4v) is 3.09. The minimum absolute atomic E-state index is 0.0478. The standard InChI is InChI=1S/C12H18ClFN2O3S/c1-8(7-17)3-2-4-16-20(18,19)11-6-9(15)5-10(13)12(11)14/h5-6,8,16-17H,2-4,7,15H2,1H3. The highest BCUT2D eigenvalue weighted by Crippen LogP contribution is 2.25. The van der Waals surface area contributed by atoms with Gasteiger partial charge in [-0.2, -0.15) is 0 Å². The Morgan fingerprint density at radius 1 is 1.50 bits per heavy atom. The molecule has 0 saturated heterocycles. The first-order chi connectivity index (χ1) is 9.27. The maximum absolute atomic E-state index is 13.7. The molecular weight excluding hydrogens is 307 g/mol. The van der Waals surface area contributed by atoms with Gasteiger partial charge >= 0.3 is 0 Å². The van der Waals surface area contributed by atoms with E-state index < -0.39 is 20.7 Å². The van der Waals surface area contributed by atoms with Gasteiger partial charge in [-0.15, -0.1) is 0 Å². The zero-order chi connectivity index (χ0) is 15.3. The summed E-state index contributed by atoms with van der Waals surface area (Å²) in [6.45, 7) is 2.05. The van der Waals surface area contributed by atoms with E-state index in [1.54, 1.807) is 0 Å². The molecule has 5 nitrogen and oxygen atoms in total. The SMILES string of the molecule is CC(CO)CCCNS(=O)(=O)c1cc(N)cc(Cl)c1F. The molecule has 8 heteroatoms. The number of hydrogen-bond acceptors (Lipinski definition) is 4. The minimum Gasteiger partial charge on any atom is -0.399 e. The summed E-state index contributed by atoms with van der Waals surface area (Å²) in [4.78, 5) is -0.558. The summed E-state index contributed by atoms with van der Waals surface area (Å²) in [6.07, 6.45) is 1.21. The van der Waals surface area contributed by atoms with Crippen molar-refractivity contribution in [3.8, 4) is 0 Å². The van der Waals surface area contributed by atoms with Gasteiger partial charge in [0.15, 0.2) is 5.82 Å². The van der Waals surface area contributed by atoms with E-state index in [0.29, 0.717) is 12.8 Å². The summed E-state index contributed by atoms with van der Waals surface area (Å²) in [5, 5.41) is 8.52. The Morgan fingerprint density at radius 3 is 2.75 bits per heavy atom. The predicted molar refractivity (Wildman–Crippen MR) is 76.5 cm³/mol. The van der Waals surface area contributed by atoms with Gasteiger partial charge in [-0.25, -0.2) is 17.5 Å². The molecular formula is C12H18ClFN2O3S. The van der Waals surface area contributed by atoms with Crippen LogP contribution in [0, 0.1) is 11.7 Å². The van der Waals surface area contributed by atoms with E-state index in [9.17, 15) is 12.8 Å². The summed E-state index contributed by atoms with van der Waals surface area (Å²) in [5.74, 6) is -0.921. The van der Waals surface area contributed by atoms with Crippen molar-refractivity contribution in [1.82, 2.24) is 4.72 Å². The van der Waals surface area contributed by atoms with Crippen LogP contribution >= 0.6 is 11.6 Å². The average Bonchev–Trinajstić information content (AvgIpc) is 2.38. The fraction of sp³-hybridized carbons (Fsp3) is 0.500. The van der Waals surface area contributed by atoms with Crippen LogP contribution in [0.3, 0.4) is 0 Å². The molecule has 4 N–H and O–H groups in total. The van der Waals surface area contributed by atoms with Crippen LogP contribution in [0.4, 0.5) is 10.1 Å². The number of rotatable bonds is 7. The van der Waals surface area contributed by atoms with E-state index in [0.717, 1.165) is 12.1 Å². The number of nitrogens with two attached hydrogens (primary N) is 1. The summed E-state index contributed by atoms with van der Waals surface area (Å²) in [6, 6.07) is 2.18. The summed E-state index contributed by atoms with van der Waals surface area (Å²) in [7, 11) is -3.99. The number of halogens is 2. The van der Waals surface area contributed by atoms with Crippen molar-refractivity contribution in [2.45, 2.75) is 24.7 Å². The second-order valence-electron chi connectivity index (χ2n) is 4.64. The molecule has 0 amide bonds. The fourth-order valence-electron chi connectivity index (χ4n) is 1.61. The van der Waals surface area contributed by atoms with E-state index in [2.05, 4.69) is 4.72 Å². The molecule has 0 aliphatic heterocycles. The first-order valence-electron chi connectivity index (χ1n) is 6.13. The number of benzene rings is 1. The number of nitrogens with one attached hydrogen (secondary N) is 1. The molecule has 0 aliphatic carbocycles. The molecule has 1 aromatic rings. The molecule has 0 aromatic heterocycles. The minimum atomic E-state index is -3.99. The average molecular weight is 325 g/mol. The molecule has 0 saturated carbocycles. The third-order valence-electron chi connectivity index (χ3n) is 2.78. The van der Waals surface area contributed by atoms with Gasteiger partial charge < -0.3 is 10.8 Å². The van der Waals surface area contributed by atoms with Crippen LogP contribution in [0.1, 0.15) is 19.8 Å². The highest BCUT2D eigenvalue weighted by atomic mass is 35.5. The molecule has 1 rings (SSSR count). The van der Waals surface area contributed by atoms with E-state index in [4.69, 9.17) is 22.4 Å². The van der Waals surface area contributed by atoms with Crippen LogP contribution < -0.4 is 10.5 Å². The lowest BCUT2D eigenvalue weighted by molar-refractivity contribution is 0.228. The Hall–Kier alpha value is -0.890. The van der Waals surface area contributed by atoms with Crippen molar-refractivity contribution in [3.63, 3.8) is 0 Å². The Kier molecular flexibility index (Phi) is 6.19. The summed E-state index contributed by atoms with van der Waals surface area (Å²) < 4.78 is 39.9. The van der Waals surface area contributed by atoms with Crippen LogP contribution in [0.25, 0.3) is 0 Å². The summed E-state index contributed by atoms with van der Waals surface area (Å²) >= 11 is 5.57. The van der Waals surface area contributed by atoms with Gasteiger partial charge in [0.05, 0.1) is 5.02 Å². The Labute approximate surface area is 123 Å². The van der Waals surface area contributed by atoms with Crippen molar-refractivity contribution in [2.75, 3.05) is 18.9 Å². The quantitative estimate of drug-likeness (QED) is 0.526. The topological polar surface area (TPSA) is 92.4 Å². The van der Waals surface area contributed by atoms with Crippen molar-refractivity contribution in [1.29, 1.82) is 0 Å². The second kappa shape index (κ2) is 7.21. The van der Waals surface area contributed by atoms with Crippen molar-refractivity contribution >= 4 is 27.3 Å². The van der Waals surface area contributed by atoms with Crippen LogP contribution in [-0.4, -0.2) is 26.7 Å². The molecule has 0 bridgehead atoms. The second-order valence-corrected chi connectivity index (χ2v) is 6.79. The third-order valence-corrected chi connectivity index (χ3v) is 4.52. The van der Waals surface area contributed by atoms with Gasteiger partial charge in [-0.1, -0.05) is 18.5 Å². The van der Waals surface area contributed by atoms with E-state index in [1.165, 1.54) is 0 Å². The molecule has 20 heavy (non-hydrogen) atoms. The van der Waals surface area contributed by atoms with Gasteiger partial charge in [0, 0.05) is 18.8 Å². The number of sulfonamides is 1. The predicted octanol–water partition coefficient (Wildman–Crippen LogP) is 1.75. The van der Waals surface area contributed by atoms with Gasteiger partial charge in [0.1, 0.15) is 4.90 Å². The zero-order valence-electron chi connectivity index (χ0n) is 11.1. The zero-order valence-corrected chi connectivity index (χ0v) is 12.6. The number of nitrogen functional groups attached to an aromatic ring is 1. The molecule has 1 aromatic carbocycles. The van der Waals surface area contributed by atoms with Gasteiger partial charge in [0.2, 0.25) is 10.0 Å². The van der Waals surface area contributed by atoms with Gasteiger partial charge in [0.25, 0.3) is 0 Å². The van der Waals surface area contributed by atoms with Gasteiger partial charge in [-0.3, -0.25) is 0 Å². The first-order valence-corrected chi connectivity index (χ1v) is 7.99. The molecule has 0 heterocycles. The molecule has 0 aliphatic rings. The van der Waals surface area contributed by atoms with Crippen molar-refractivity contribution in [2.24, 2.45) is 5.92 Å². The molecule has 1 unspecified atom stereocenters. The van der Waals surface area contributed by atoms with Gasteiger partial charge in [-0.05, 0) is 30.9 Å². The first kappa shape index (κ1) is 17.2. The van der Waals surface area contributed by atoms with Crippen LogP contribution in [0.5, 0.6) is 0 Å². The third kappa shape index (κ3) is 4.59. The lowest BCUT2D eigenvalue weighted by Crippen LogP contribution is -2.26. The van der Waals surface area contributed by atoms with Crippen molar-refractivity contribution < 1.29 is 17.9 Å². The molecule has 114 valence electrons. The van der Waals surface area contributed by atoms with Crippen LogP contribution in [0.2, 0.25) is 5.02 Å². The molecule has 0 fully saturated rings. The molecule has 0 spiro atoms. The maximum atomic E-state index is 13.7. The number of anilines is 1. The molecule has 0 radical (unpaired) electrons. The maximum Gasteiger partial charge on any atom is 0.243 e. The van der Waals surface area contributed by atoms with Crippen LogP contribution in [-0.2, 0) is 10.0 Å². The van der Waals surface area contributed by atoms with Crippen molar-refractivity contribution in [3.05, 3.63) is 23.0 Å². The normalized spacial score (nSPS) is 13.4. The smallest absolute Gasteiger partial charge is 0.243 e. The monoisotopic (exact) mass is 324 g/mol. The van der Waals surface area contributed by atoms with E-state index in [1.807, 2.05) is 6.92 Å². The van der Waals surface area contributed by atoms with E-state index in [-0.39, 0.29) is 29.8 Å². The highest BCUT2D eigenvalue weighted by molar-refractivity contribution is 7.89. The number of aliphatic hydroxyl groups excluding tert-OH is 1. The largest absolute Gasteiger partial charge is 0.399 e. The van der Waals surface area contributed by atoms with E-state index >= 15 is 0 Å². The Balaban J connectivity index is 2.75. The lowest BCUT2D eigenvalue weighted by atomic mass is 10.1. The number of aliphatic hydroxyl groups is 1. The summed E-state index contributed by atoms with van der Waals surface area (Å²) in [5.41, 5.74) is 5.54. The molecule has 1 atom stereocenters. The lowest BCUT2D eigenvalue weighted by Gasteiger charge is -2.11.